The Morgan fingerprint density at radius 2 is 2.21 bits per heavy atom. The Morgan fingerprint density at radius 1 is 1.50 bits per heavy atom. The number of aryl methyl sites for hydroxylation is 1. The van der Waals surface area contributed by atoms with Gasteiger partial charge in [0, 0.05) is 0 Å². The van der Waals surface area contributed by atoms with Gasteiger partial charge in [-0.2, -0.15) is 0 Å². The van der Waals surface area contributed by atoms with E-state index in [0.717, 1.165) is 17.5 Å². The van der Waals surface area contributed by atoms with Gasteiger partial charge in [0.05, 0.1) is 6.42 Å². The zero-order valence-corrected chi connectivity index (χ0v) is 8.29. The molecular formula is C11H15NO2. The molecule has 14 heavy (non-hydrogen) atoms. The van der Waals surface area contributed by atoms with Crippen LogP contribution in [-0.2, 0) is 17.6 Å². The molecule has 0 saturated heterocycles. The molecule has 1 aromatic rings. The van der Waals surface area contributed by atoms with Crippen molar-refractivity contribution in [1.29, 1.82) is 0 Å². The van der Waals surface area contributed by atoms with Crippen LogP contribution in [0.2, 0.25) is 0 Å². The molecule has 3 heteroatoms. The summed E-state index contributed by atoms with van der Waals surface area (Å²) in [6.07, 6.45) is 0.886. The molecule has 76 valence electrons. The Balaban J connectivity index is 2.88. The minimum absolute atomic E-state index is 0.0812. The maximum Gasteiger partial charge on any atom is 0.307 e. The van der Waals surface area contributed by atoms with Gasteiger partial charge in [-0.15, -0.1) is 0 Å². The van der Waals surface area contributed by atoms with Crippen molar-refractivity contribution in [3.05, 3.63) is 34.9 Å². The SMILES string of the molecule is Cc1ccc(CC(=O)O)cc1CCN. The quantitative estimate of drug-likeness (QED) is 0.753. The van der Waals surface area contributed by atoms with E-state index in [-0.39, 0.29) is 6.42 Å². The van der Waals surface area contributed by atoms with E-state index in [2.05, 4.69) is 0 Å². The number of carboxylic acids is 1. The summed E-state index contributed by atoms with van der Waals surface area (Å²) < 4.78 is 0. The molecular weight excluding hydrogens is 178 g/mol. The van der Waals surface area contributed by atoms with Crippen molar-refractivity contribution >= 4 is 5.97 Å². The predicted octanol–water partition coefficient (Wildman–Crippen LogP) is 1.12. The number of hydrogen-bond donors (Lipinski definition) is 2. The maximum absolute atomic E-state index is 10.5. The fraction of sp³-hybridized carbons (Fsp3) is 0.364. The number of carboxylic acid groups (broad SMARTS) is 1. The van der Waals surface area contributed by atoms with Gasteiger partial charge in [-0.05, 0) is 36.6 Å². The molecule has 0 unspecified atom stereocenters. The van der Waals surface area contributed by atoms with Crippen LogP contribution in [0.1, 0.15) is 16.7 Å². The number of benzene rings is 1. The summed E-state index contributed by atoms with van der Waals surface area (Å²) in [7, 11) is 0. The Hall–Kier alpha value is -1.35. The van der Waals surface area contributed by atoms with Crippen LogP contribution < -0.4 is 5.73 Å². The van der Waals surface area contributed by atoms with Crippen LogP contribution in [0, 0.1) is 6.92 Å². The number of rotatable bonds is 4. The van der Waals surface area contributed by atoms with Crippen LogP contribution in [0.3, 0.4) is 0 Å². The highest BCUT2D eigenvalue weighted by Crippen LogP contribution is 2.12. The molecule has 0 saturated carbocycles. The number of carbonyl (C=O) groups is 1. The largest absolute Gasteiger partial charge is 0.481 e. The average Bonchev–Trinajstić information content (AvgIpc) is 2.10. The van der Waals surface area contributed by atoms with Crippen LogP contribution in [-0.4, -0.2) is 17.6 Å². The Labute approximate surface area is 83.6 Å². The fourth-order valence-corrected chi connectivity index (χ4v) is 1.43. The van der Waals surface area contributed by atoms with Gasteiger partial charge in [-0.25, -0.2) is 0 Å². The second-order valence-corrected chi connectivity index (χ2v) is 3.37. The molecule has 1 rings (SSSR count). The van der Waals surface area contributed by atoms with Crippen molar-refractivity contribution < 1.29 is 9.90 Å². The first-order valence-corrected chi connectivity index (χ1v) is 4.63. The second kappa shape index (κ2) is 4.77. The van der Waals surface area contributed by atoms with E-state index in [1.165, 1.54) is 5.56 Å². The summed E-state index contributed by atoms with van der Waals surface area (Å²) in [6.45, 7) is 2.60. The van der Waals surface area contributed by atoms with Gasteiger partial charge in [0.1, 0.15) is 0 Å². The fourth-order valence-electron chi connectivity index (χ4n) is 1.43. The smallest absolute Gasteiger partial charge is 0.307 e. The highest BCUT2D eigenvalue weighted by atomic mass is 16.4. The molecule has 0 aliphatic heterocycles. The van der Waals surface area contributed by atoms with Crippen molar-refractivity contribution in [3.63, 3.8) is 0 Å². The third-order valence-electron chi connectivity index (χ3n) is 2.18. The molecule has 0 aliphatic carbocycles. The Morgan fingerprint density at radius 3 is 2.79 bits per heavy atom. The lowest BCUT2D eigenvalue weighted by Crippen LogP contribution is -2.06. The van der Waals surface area contributed by atoms with Crippen LogP contribution in [0.5, 0.6) is 0 Å². The van der Waals surface area contributed by atoms with E-state index in [4.69, 9.17) is 10.8 Å². The lowest BCUT2D eigenvalue weighted by molar-refractivity contribution is -0.136. The zero-order valence-electron chi connectivity index (χ0n) is 8.29. The maximum atomic E-state index is 10.5. The van der Waals surface area contributed by atoms with Gasteiger partial charge in [-0.3, -0.25) is 4.79 Å². The number of aliphatic carboxylic acids is 1. The van der Waals surface area contributed by atoms with Crippen LogP contribution in [0.25, 0.3) is 0 Å². The first kappa shape index (κ1) is 10.7. The van der Waals surface area contributed by atoms with Gasteiger partial charge in [-0.1, -0.05) is 18.2 Å². The van der Waals surface area contributed by atoms with Crippen molar-refractivity contribution in [1.82, 2.24) is 0 Å². The molecule has 0 heterocycles. The molecule has 1 aromatic carbocycles. The van der Waals surface area contributed by atoms with E-state index in [0.29, 0.717) is 6.54 Å². The highest BCUT2D eigenvalue weighted by Gasteiger charge is 2.03. The van der Waals surface area contributed by atoms with Gasteiger partial charge >= 0.3 is 5.97 Å². The van der Waals surface area contributed by atoms with Crippen molar-refractivity contribution in [2.24, 2.45) is 5.73 Å². The molecule has 0 spiro atoms. The monoisotopic (exact) mass is 193 g/mol. The molecule has 0 amide bonds. The van der Waals surface area contributed by atoms with Crippen molar-refractivity contribution in [2.75, 3.05) is 6.54 Å². The minimum atomic E-state index is -0.799. The first-order chi connectivity index (χ1) is 6.63. The second-order valence-electron chi connectivity index (χ2n) is 3.37. The van der Waals surface area contributed by atoms with Gasteiger partial charge in [0.15, 0.2) is 0 Å². The van der Waals surface area contributed by atoms with E-state index in [1.54, 1.807) is 0 Å². The molecule has 0 aromatic heterocycles. The van der Waals surface area contributed by atoms with Gasteiger partial charge < -0.3 is 10.8 Å². The molecule has 0 radical (unpaired) electrons. The number of hydrogen-bond acceptors (Lipinski definition) is 2. The van der Waals surface area contributed by atoms with Crippen LogP contribution in [0.4, 0.5) is 0 Å². The summed E-state index contributed by atoms with van der Waals surface area (Å²) >= 11 is 0. The lowest BCUT2D eigenvalue weighted by atomic mass is 10.0. The van der Waals surface area contributed by atoms with Crippen LogP contribution in [0.15, 0.2) is 18.2 Å². The molecule has 0 atom stereocenters. The highest BCUT2D eigenvalue weighted by molar-refractivity contribution is 5.70. The predicted molar refractivity (Wildman–Crippen MR) is 55.3 cm³/mol. The van der Waals surface area contributed by atoms with Gasteiger partial charge in [0.2, 0.25) is 0 Å². The standard InChI is InChI=1S/C11H15NO2/c1-8-2-3-9(7-11(13)14)6-10(8)4-5-12/h2-3,6H,4-5,7,12H2,1H3,(H,13,14). The topological polar surface area (TPSA) is 63.3 Å². The summed E-state index contributed by atoms with van der Waals surface area (Å²) in [5, 5.41) is 8.63. The lowest BCUT2D eigenvalue weighted by Gasteiger charge is -2.06. The van der Waals surface area contributed by atoms with Crippen molar-refractivity contribution in [2.45, 2.75) is 19.8 Å². The average molecular weight is 193 g/mol. The molecule has 0 bridgehead atoms. The van der Waals surface area contributed by atoms with Crippen molar-refractivity contribution in [3.8, 4) is 0 Å². The van der Waals surface area contributed by atoms with E-state index >= 15 is 0 Å². The molecule has 0 fully saturated rings. The zero-order chi connectivity index (χ0) is 10.6. The van der Waals surface area contributed by atoms with E-state index < -0.39 is 5.97 Å². The molecule has 3 N–H and O–H groups in total. The van der Waals surface area contributed by atoms with E-state index in [1.807, 2.05) is 25.1 Å². The summed E-state index contributed by atoms with van der Waals surface area (Å²) in [4.78, 5) is 10.5. The third kappa shape index (κ3) is 2.85. The number of nitrogens with two attached hydrogens (primary N) is 1. The first-order valence-electron chi connectivity index (χ1n) is 4.63. The Bertz CT molecular complexity index is 334. The third-order valence-corrected chi connectivity index (χ3v) is 2.18. The van der Waals surface area contributed by atoms with E-state index in [9.17, 15) is 4.79 Å². The molecule has 3 nitrogen and oxygen atoms in total. The summed E-state index contributed by atoms with van der Waals surface area (Å²) in [5.74, 6) is -0.799. The summed E-state index contributed by atoms with van der Waals surface area (Å²) in [5.41, 5.74) is 8.62. The normalized spacial score (nSPS) is 10.1. The Kier molecular flexibility index (Phi) is 3.65. The summed E-state index contributed by atoms with van der Waals surface area (Å²) in [6, 6.07) is 5.73. The van der Waals surface area contributed by atoms with Gasteiger partial charge in [0.25, 0.3) is 0 Å². The van der Waals surface area contributed by atoms with Crippen LogP contribution >= 0.6 is 0 Å². The minimum Gasteiger partial charge on any atom is -0.481 e. The molecule has 0 aliphatic rings.